The van der Waals surface area contributed by atoms with Gasteiger partial charge < -0.3 is 10.6 Å². The third-order valence-electron chi connectivity index (χ3n) is 4.04. The number of hydrogen-bond acceptors (Lipinski definition) is 2. The summed E-state index contributed by atoms with van der Waals surface area (Å²) in [4.78, 5) is 25.9. The molecule has 1 aliphatic rings. The lowest BCUT2D eigenvalue weighted by atomic mass is 10.0. The Bertz CT molecular complexity index is 567. The molecule has 0 aliphatic carbocycles. The number of carbonyl (C=O) groups is 2. The van der Waals surface area contributed by atoms with Crippen molar-refractivity contribution >= 4 is 17.6 Å². The van der Waals surface area contributed by atoms with Crippen molar-refractivity contribution < 1.29 is 9.59 Å². The molecule has 1 aromatic rings. The SMILES string of the molecule is CCC(C)(C)NC(=O)c1ccc2c(c1)N(C(=O)NC)CC2. The Morgan fingerprint density at radius 2 is 2.05 bits per heavy atom. The van der Waals surface area contributed by atoms with Gasteiger partial charge in [0, 0.05) is 30.4 Å². The maximum absolute atomic E-state index is 12.3. The number of nitrogens with zero attached hydrogens (tertiary/aromatic N) is 1. The Hall–Kier alpha value is -2.04. The molecule has 2 rings (SSSR count). The Balaban J connectivity index is 2.25. The van der Waals surface area contributed by atoms with E-state index in [-0.39, 0.29) is 17.5 Å². The fourth-order valence-corrected chi connectivity index (χ4v) is 2.33. The van der Waals surface area contributed by atoms with Gasteiger partial charge in [-0.25, -0.2) is 4.79 Å². The first-order valence-corrected chi connectivity index (χ1v) is 7.32. The number of amides is 3. The standard InChI is InChI=1S/C16H23N3O2/c1-5-16(2,3)18-14(20)12-7-6-11-8-9-19(13(11)10-12)15(21)17-4/h6-7,10H,5,8-9H2,1-4H3,(H,17,21)(H,18,20). The van der Waals surface area contributed by atoms with E-state index >= 15 is 0 Å². The molecule has 0 bridgehead atoms. The number of carbonyl (C=O) groups excluding carboxylic acids is 2. The largest absolute Gasteiger partial charge is 0.347 e. The van der Waals surface area contributed by atoms with E-state index in [2.05, 4.69) is 10.6 Å². The summed E-state index contributed by atoms with van der Waals surface area (Å²) in [7, 11) is 1.61. The molecule has 1 aliphatic heterocycles. The number of benzene rings is 1. The van der Waals surface area contributed by atoms with Crippen LogP contribution in [0.15, 0.2) is 18.2 Å². The third kappa shape index (κ3) is 3.17. The number of fused-ring (bicyclic) bond motifs is 1. The van der Waals surface area contributed by atoms with Gasteiger partial charge in [-0.15, -0.1) is 0 Å². The van der Waals surface area contributed by atoms with Gasteiger partial charge >= 0.3 is 6.03 Å². The predicted molar refractivity (Wildman–Crippen MR) is 83.8 cm³/mol. The van der Waals surface area contributed by atoms with Gasteiger partial charge in [-0.05, 0) is 44.4 Å². The lowest BCUT2D eigenvalue weighted by Gasteiger charge is -2.25. The molecule has 0 radical (unpaired) electrons. The molecule has 0 saturated carbocycles. The van der Waals surface area contributed by atoms with E-state index in [4.69, 9.17) is 0 Å². The van der Waals surface area contributed by atoms with Gasteiger partial charge in [0.1, 0.15) is 0 Å². The number of urea groups is 1. The van der Waals surface area contributed by atoms with Crippen LogP contribution in [0.25, 0.3) is 0 Å². The molecule has 0 aromatic heterocycles. The van der Waals surface area contributed by atoms with Crippen LogP contribution in [-0.4, -0.2) is 31.1 Å². The molecular weight excluding hydrogens is 266 g/mol. The van der Waals surface area contributed by atoms with Crippen LogP contribution in [-0.2, 0) is 6.42 Å². The topological polar surface area (TPSA) is 61.4 Å². The second kappa shape index (κ2) is 5.76. The van der Waals surface area contributed by atoms with Gasteiger partial charge in [-0.3, -0.25) is 9.69 Å². The van der Waals surface area contributed by atoms with Crippen LogP contribution in [0.2, 0.25) is 0 Å². The first-order valence-electron chi connectivity index (χ1n) is 7.32. The van der Waals surface area contributed by atoms with Crippen molar-refractivity contribution in [2.45, 2.75) is 39.2 Å². The van der Waals surface area contributed by atoms with E-state index in [1.165, 1.54) is 0 Å². The zero-order valence-electron chi connectivity index (χ0n) is 13.1. The van der Waals surface area contributed by atoms with E-state index in [0.717, 1.165) is 24.1 Å². The van der Waals surface area contributed by atoms with E-state index in [0.29, 0.717) is 12.1 Å². The summed E-state index contributed by atoms with van der Waals surface area (Å²) < 4.78 is 0. The number of anilines is 1. The van der Waals surface area contributed by atoms with Crippen LogP contribution < -0.4 is 15.5 Å². The van der Waals surface area contributed by atoms with Crippen LogP contribution in [0.4, 0.5) is 10.5 Å². The fraction of sp³-hybridized carbons (Fsp3) is 0.500. The van der Waals surface area contributed by atoms with Gasteiger partial charge in [-0.2, -0.15) is 0 Å². The predicted octanol–water partition coefficient (Wildman–Crippen LogP) is 2.31. The molecule has 0 spiro atoms. The van der Waals surface area contributed by atoms with Crippen LogP contribution in [0.3, 0.4) is 0 Å². The smallest absolute Gasteiger partial charge is 0.321 e. The summed E-state index contributed by atoms with van der Waals surface area (Å²) >= 11 is 0. The summed E-state index contributed by atoms with van der Waals surface area (Å²) in [6, 6.07) is 5.43. The zero-order valence-corrected chi connectivity index (χ0v) is 13.1. The molecule has 2 N–H and O–H groups in total. The minimum absolute atomic E-state index is 0.103. The third-order valence-corrected chi connectivity index (χ3v) is 4.04. The monoisotopic (exact) mass is 289 g/mol. The van der Waals surface area contributed by atoms with Crippen LogP contribution >= 0.6 is 0 Å². The molecule has 5 nitrogen and oxygen atoms in total. The Morgan fingerprint density at radius 3 is 2.67 bits per heavy atom. The lowest BCUT2D eigenvalue weighted by molar-refractivity contribution is 0.0911. The zero-order chi connectivity index (χ0) is 15.6. The highest BCUT2D eigenvalue weighted by molar-refractivity contribution is 5.99. The summed E-state index contributed by atoms with van der Waals surface area (Å²) in [6.45, 7) is 6.68. The van der Waals surface area contributed by atoms with E-state index in [1.54, 1.807) is 18.0 Å². The average Bonchev–Trinajstić information content (AvgIpc) is 2.89. The molecule has 21 heavy (non-hydrogen) atoms. The number of nitrogens with one attached hydrogen (secondary N) is 2. The highest BCUT2D eigenvalue weighted by Gasteiger charge is 2.26. The van der Waals surface area contributed by atoms with Crippen LogP contribution in [0.1, 0.15) is 43.1 Å². The Morgan fingerprint density at radius 1 is 1.33 bits per heavy atom. The molecule has 0 fully saturated rings. The molecule has 0 saturated heterocycles. The van der Waals surface area contributed by atoms with Gasteiger partial charge in [0.15, 0.2) is 0 Å². The average molecular weight is 289 g/mol. The fourth-order valence-electron chi connectivity index (χ4n) is 2.33. The molecule has 5 heteroatoms. The molecule has 1 aromatic carbocycles. The van der Waals surface area contributed by atoms with Crippen molar-refractivity contribution in [2.75, 3.05) is 18.5 Å². The Labute approximate surface area is 125 Å². The van der Waals surface area contributed by atoms with Gasteiger partial charge in [0.05, 0.1) is 0 Å². The number of rotatable bonds is 3. The van der Waals surface area contributed by atoms with Crippen molar-refractivity contribution in [3.05, 3.63) is 29.3 Å². The second-order valence-corrected chi connectivity index (χ2v) is 5.99. The van der Waals surface area contributed by atoms with Gasteiger partial charge in [0.2, 0.25) is 0 Å². The summed E-state index contributed by atoms with van der Waals surface area (Å²) in [5, 5.41) is 5.64. The van der Waals surface area contributed by atoms with Crippen molar-refractivity contribution in [1.29, 1.82) is 0 Å². The molecule has 114 valence electrons. The van der Waals surface area contributed by atoms with Crippen molar-refractivity contribution in [3.63, 3.8) is 0 Å². The quantitative estimate of drug-likeness (QED) is 0.897. The van der Waals surface area contributed by atoms with E-state index in [9.17, 15) is 9.59 Å². The molecule has 0 unspecified atom stereocenters. The van der Waals surface area contributed by atoms with E-state index < -0.39 is 0 Å². The highest BCUT2D eigenvalue weighted by Crippen LogP contribution is 2.29. The Kier molecular flexibility index (Phi) is 4.21. The summed E-state index contributed by atoms with van der Waals surface area (Å²) in [5.41, 5.74) is 2.28. The van der Waals surface area contributed by atoms with Crippen LogP contribution in [0.5, 0.6) is 0 Å². The van der Waals surface area contributed by atoms with Crippen molar-refractivity contribution in [3.8, 4) is 0 Å². The summed E-state index contributed by atoms with van der Waals surface area (Å²) in [6.07, 6.45) is 1.68. The van der Waals surface area contributed by atoms with Gasteiger partial charge in [0.25, 0.3) is 5.91 Å². The second-order valence-electron chi connectivity index (χ2n) is 5.99. The van der Waals surface area contributed by atoms with E-state index in [1.807, 2.05) is 32.9 Å². The first kappa shape index (κ1) is 15.4. The number of hydrogen-bond donors (Lipinski definition) is 2. The van der Waals surface area contributed by atoms with Crippen molar-refractivity contribution in [2.24, 2.45) is 0 Å². The lowest BCUT2D eigenvalue weighted by Crippen LogP contribution is -2.42. The maximum Gasteiger partial charge on any atom is 0.321 e. The summed E-state index contributed by atoms with van der Waals surface area (Å²) in [5.74, 6) is -0.103. The minimum Gasteiger partial charge on any atom is -0.347 e. The van der Waals surface area contributed by atoms with Crippen molar-refractivity contribution in [1.82, 2.24) is 10.6 Å². The maximum atomic E-state index is 12.3. The highest BCUT2D eigenvalue weighted by atomic mass is 16.2. The molecule has 3 amide bonds. The molecule has 1 heterocycles. The minimum atomic E-state index is -0.240. The first-order chi connectivity index (χ1) is 9.88. The normalized spacial score (nSPS) is 13.8. The molecule has 0 atom stereocenters. The molecular formula is C16H23N3O2. The van der Waals surface area contributed by atoms with Crippen LogP contribution in [0, 0.1) is 0 Å². The van der Waals surface area contributed by atoms with Gasteiger partial charge in [-0.1, -0.05) is 13.0 Å².